The van der Waals surface area contributed by atoms with Crippen molar-refractivity contribution in [3.8, 4) is 17.2 Å². The molecule has 2 aromatic carbocycles. The van der Waals surface area contributed by atoms with E-state index in [4.69, 9.17) is 14.2 Å². The van der Waals surface area contributed by atoms with E-state index >= 15 is 0 Å². The molecule has 2 aromatic heterocycles. The maximum Gasteiger partial charge on any atom is 0.296 e. The van der Waals surface area contributed by atoms with Gasteiger partial charge in [-0.15, -0.1) is 0 Å². The molecule has 8 nitrogen and oxygen atoms in total. The number of aromatic nitrogens is 3. The van der Waals surface area contributed by atoms with Crippen LogP contribution in [0.4, 0.5) is 0 Å². The number of ether oxygens (including phenoxy) is 3. The van der Waals surface area contributed by atoms with Crippen LogP contribution in [0, 0.1) is 0 Å². The Morgan fingerprint density at radius 1 is 1.03 bits per heavy atom. The van der Waals surface area contributed by atoms with E-state index in [0.29, 0.717) is 29.2 Å². The average molecular weight is 480 g/mol. The molecule has 0 aliphatic carbocycles. The summed E-state index contributed by atoms with van der Waals surface area (Å²) >= 11 is 1.12. The lowest BCUT2D eigenvalue weighted by molar-refractivity contribution is 0.311. The van der Waals surface area contributed by atoms with E-state index in [1.54, 1.807) is 25.3 Å². The molecule has 0 unspecified atom stereocenters. The number of hydrogen-bond acceptors (Lipinski definition) is 8. The van der Waals surface area contributed by atoms with Crippen molar-refractivity contribution in [3.63, 3.8) is 0 Å². The summed E-state index contributed by atoms with van der Waals surface area (Å²) in [6, 6.07) is 12.9. The molecule has 0 saturated carbocycles. The van der Waals surface area contributed by atoms with Crippen LogP contribution in [0.3, 0.4) is 0 Å². The van der Waals surface area contributed by atoms with Gasteiger partial charge in [-0.2, -0.15) is 14.6 Å². The van der Waals surface area contributed by atoms with Crippen molar-refractivity contribution in [2.24, 2.45) is 0 Å². The molecule has 2 heterocycles. The van der Waals surface area contributed by atoms with E-state index in [0.717, 1.165) is 34.6 Å². The van der Waals surface area contributed by atoms with E-state index in [9.17, 15) is 9.59 Å². The first-order valence-corrected chi connectivity index (χ1v) is 11.8. The Bertz CT molecular complexity index is 1460. The highest BCUT2D eigenvalue weighted by atomic mass is 32.1. The van der Waals surface area contributed by atoms with Crippen LogP contribution in [0.25, 0.3) is 11.0 Å². The van der Waals surface area contributed by atoms with Gasteiger partial charge in [0.05, 0.1) is 24.9 Å². The topological polar surface area (TPSA) is 92.0 Å². The highest BCUT2D eigenvalue weighted by Gasteiger charge is 2.12. The van der Waals surface area contributed by atoms with Crippen LogP contribution in [-0.2, 0) is 6.42 Å². The fraction of sp³-hybridized carbons (Fsp3) is 0.280. The van der Waals surface area contributed by atoms with Gasteiger partial charge in [0.15, 0.2) is 11.5 Å². The van der Waals surface area contributed by atoms with Gasteiger partial charge in [0.2, 0.25) is 4.96 Å². The van der Waals surface area contributed by atoms with Crippen molar-refractivity contribution in [1.29, 1.82) is 0 Å². The van der Waals surface area contributed by atoms with E-state index in [-0.39, 0.29) is 22.6 Å². The van der Waals surface area contributed by atoms with Crippen LogP contribution < -0.4 is 29.9 Å². The third kappa shape index (κ3) is 5.09. The predicted molar refractivity (Wildman–Crippen MR) is 131 cm³/mol. The quantitative estimate of drug-likeness (QED) is 0.365. The molecule has 0 saturated heterocycles. The third-order valence-corrected chi connectivity index (χ3v) is 5.96. The molecule has 176 valence electrons. The van der Waals surface area contributed by atoms with E-state index in [1.807, 2.05) is 44.2 Å². The number of nitrogens with zero attached hydrogens (tertiary/aromatic N) is 3. The van der Waals surface area contributed by atoms with Gasteiger partial charge in [0.25, 0.3) is 11.1 Å². The molecule has 0 N–H and O–H groups in total. The molecule has 9 heteroatoms. The zero-order valence-corrected chi connectivity index (χ0v) is 20.1. The zero-order valence-electron chi connectivity index (χ0n) is 19.2. The lowest BCUT2D eigenvalue weighted by Gasteiger charge is -2.09. The van der Waals surface area contributed by atoms with E-state index in [1.165, 1.54) is 4.52 Å². The Morgan fingerprint density at radius 3 is 2.53 bits per heavy atom. The summed E-state index contributed by atoms with van der Waals surface area (Å²) in [5.74, 6) is 1.97. The second kappa shape index (κ2) is 10.5. The SMILES string of the molecule is CCCOc1ccc(Cc2nn3c(=O)/c(=C/c4ccc(OCC)c(OC)c4)sc3nc2=O)cc1. The first-order chi connectivity index (χ1) is 16.5. The number of thiazole rings is 1. The highest BCUT2D eigenvalue weighted by molar-refractivity contribution is 7.15. The van der Waals surface area contributed by atoms with Crippen molar-refractivity contribution < 1.29 is 14.2 Å². The summed E-state index contributed by atoms with van der Waals surface area (Å²) in [6.07, 6.45) is 2.92. The molecule has 0 amide bonds. The zero-order chi connectivity index (χ0) is 24.1. The maximum absolute atomic E-state index is 13.0. The van der Waals surface area contributed by atoms with Crippen molar-refractivity contribution in [2.45, 2.75) is 26.7 Å². The molecular formula is C25H25N3O5S. The molecule has 0 bridgehead atoms. The van der Waals surface area contributed by atoms with Crippen LogP contribution in [0.5, 0.6) is 17.2 Å². The molecule has 0 radical (unpaired) electrons. The van der Waals surface area contributed by atoms with Crippen molar-refractivity contribution in [1.82, 2.24) is 14.6 Å². The van der Waals surface area contributed by atoms with Crippen molar-refractivity contribution >= 4 is 22.4 Å². The van der Waals surface area contributed by atoms with E-state index in [2.05, 4.69) is 10.1 Å². The summed E-state index contributed by atoms with van der Waals surface area (Å²) in [7, 11) is 1.56. The van der Waals surface area contributed by atoms with Crippen molar-refractivity contribution in [3.05, 3.63) is 84.5 Å². The second-order valence-corrected chi connectivity index (χ2v) is 8.50. The number of fused-ring (bicyclic) bond motifs is 1. The maximum atomic E-state index is 13.0. The Morgan fingerprint density at radius 2 is 1.82 bits per heavy atom. The Hall–Kier alpha value is -3.72. The Labute approximate surface area is 200 Å². The van der Waals surface area contributed by atoms with Gasteiger partial charge in [-0.3, -0.25) is 9.59 Å². The number of rotatable bonds is 9. The monoisotopic (exact) mass is 479 g/mol. The molecule has 0 fully saturated rings. The third-order valence-electron chi connectivity index (χ3n) is 5.00. The fourth-order valence-electron chi connectivity index (χ4n) is 3.37. The van der Waals surface area contributed by atoms with Crippen LogP contribution in [0.2, 0.25) is 0 Å². The largest absolute Gasteiger partial charge is 0.494 e. The first kappa shape index (κ1) is 23.4. The Kier molecular flexibility index (Phi) is 7.22. The lowest BCUT2D eigenvalue weighted by Crippen LogP contribution is -2.28. The van der Waals surface area contributed by atoms with Crippen LogP contribution in [-0.4, -0.2) is 34.9 Å². The molecule has 34 heavy (non-hydrogen) atoms. The second-order valence-electron chi connectivity index (χ2n) is 7.49. The molecule has 0 atom stereocenters. The molecule has 4 aromatic rings. The van der Waals surface area contributed by atoms with E-state index < -0.39 is 5.56 Å². The highest BCUT2D eigenvalue weighted by Crippen LogP contribution is 2.28. The van der Waals surface area contributed by atoms with Crippen molar-refractivity contribution in [2.75, 3.05) is 20.3 Å². The standard InChI is InChI=1S/C25H25N3O5S/c1-4-12-33-18-9-6-16(7-10-18)13-19-23(29)26-25-28(27-19)24(30)22(34-25)15-17-8-11-20(32-5-2)21(14-17)31-3/h6-11,14-15H,4-5,12-13H2,1-3H3/b22-15-. The first-order valence-electron chi connectivity index (χ1n) is 11.0. The summed E-state index contributed by atoms with van der Waals surface area (Å²) in [6.45, 7) is 5.11. The summed E-state index contributed by atoms with van der Waals surface area (Å²) < 4.78 is 18.1. The minimum atomic E-state index is -0.443. The predicted octanol–water partition coefficient (Wildman–Crippen LogP) is 2.85. The van der Waals surface area contributed by atoms with Crippen LogP contribution in [0.15, 0.2) is 52.1 Å². The van der Waals surface area contributed by atoms with Gasteiger partial charge in [0, 0.05) is 6.42 Å². The van der Waals surface area contributed by atoms with Gasteiger partial charge in [-0.1, -0.05) is 36.5 Å². The Balaban J connectivity index is 1.66. The minimum absolute atomic E-state index is 0.212. The molecule has 4 rings (SSSR count). The van der Waals surface area contributed by atoms with Gasteiger partial charge in [0.1, 0.15) is 11.4 Å². The molecule has 0 spiro atoms. The number of hydrogen-bond donors (Lipinski definition) is 0. The summed E-state index contributed by atoms with van der Waals surface area (Å²) in [4.78, 5) is 29.9. The molecule has 0 aliphatic heterocycles. The van der Waals surface area contributed by atoms with Gasteiger partial charge < -0.3 is 14.2 Å². The minimum Gasteiger partial charge on any atom is -0.494 e. The van der Waals surface area contributed by atoms with Gasteiger partial charge >= 0.3 is 0 Å². The number of methoxy groups -OCH3 is 1. The number of benzene rings is 2. The van der Waals surface area contributed by atoms with Gasteiger partial charge in [-0.25, -0.2) is 0 Å². The average Bonchev–Trinajstić information content (AvgIpc) is 3.13. The summed E-state index contributed by atoms with van der Waals surface area (Å²) in [5.41, 5.74) is 1.08. The van der Waals surface area contributed by atoms with Crippen LogP contribution >= 0.6 is 11.3 Å². The fourth-order valence-corrected chi connectivity index (χ4v) is 4.27. The summed E-state index contributed by atoms with van der Waals surface area (Å²) in [5, 5.41) is 4.32. The van der Waals surface area contributed by atoms with Gasteiger partial charge in [-0.05, 0) is 54.8 Å². The smallest absolute Gasteiger partial charge is 0.296 e. The lowest BCUT2D eigenvalue weighted by atomic mass is 10.1. The molecular weight excluding hydrogens is 454 g/mol. The molecule has 0 aliphatic rings. The normalized spacial score (nSPS) is 11.7. The van der Waals surface area contributed by atoms with Crippen LogP contribution in [0.1, 0.15) is 37.1 Å².